The Morgan fingerprint density at radius 2 is 2.00 bits per heavy atom. The monoisotopic (exact) mass is 192 g/mol. The molecule has 76 valence electrons. The highest BCUT2D eigenvalue weighted by molar-refractivity contribution is 5.73. The summed E-state index contributed by atoms with van der Waals surface area (Å²) in [5.74, 6) is -1.83. The van der Waals surface area contributed by atoms with E-state index in [0.717, 1.165) is 0 Å². The fourth-order valence-corrected chi connectivity index (χ4v) is 0.481. The van der Waals surface area contributed by atoms with Crippen LogP contribution in [0.3, 0.4) is 0 Å². The number of aliphatic hydroxyl groups is 1. The summed E-state index contributed by atoms with van der Waals surface area (Å²) in [5, 5.41) is 16.8. The molecule has 0 heterocycles. The van der Waals surface area contributed by atoms with E-state index in [4.69, 9.17) is 10.2 Å². The van der Waals surface area contributed by atoms with E-state index in [1.54, 1.807) is 0 Å². The zero-order chi connectivity index (χ0) is 10.3. The van der Waals surface area contributed by atoms with Gasteiger partial charge < -0.3 is 19.7 Å². The third kappa shape index (κ3) is 7.23. The van der Waals surface area contributed by atoms with Crippen molar-refractivity contribution in [3.05, 3.63) is 0 Å². The Bertz CT molecular complexity index is 176. The molecular formula is C7H12O6. The topological polar surface area (TPSA) is 93.1 Å². The number of ether oxygens (including phenoxy) is 2. The number of esters is 1. The number of aliphatic hydroxyl groups excluding tert-OH is 1. The van der Waals surface area contributed by atoms with Crippen LogP contribution in [0, 0.1) is 0 Å². The molecule has 0 saturated heterocycles. The molecule has 0 aliphatic rings. The summed E-state index contributed by atoms with van der Waals surface area (Å²) in [5.41, 5.74) is 0. The lowest BCUT2D eigenvalue weighted by Crippen LogP contribution is -2.22. The van der Waals surface area contributed by atoms with Crippen molar-refractivity contribution in [1.82, 2.24) is 0 Å². The van der Waals surface area contributed by atoms with Crippen LogP contribution in [0.25, 0.3) is 0 Å². The van der Waals surface area contributed by atoms with Gasteiger partial charge in [0, 0.05) is 0 Å². The molecule has 6 nitrogen and oxygen atoms in total. The Morgan fingerprint density at radius 1 is 1.38 bits per heavy atom. The largest absolute Gasteiger partial charge is 0.480 e. The van der Waals surface area contributed by atoms with Gasteiger partial charge in [0.25, 0.3) is 0 Å². The third-order valence-corrected chi connectivity index (χ3v) is 1.04. The van der Waals surface area contributed by atoms with Gasteiger partial charge in [-0.2, -0.15) is 0 Å². The maximum absolute atomic E-state index is 10.6. The molecule has 1 unspecified atom stereocenters. The van der Waals surface area contributed by atoms with E-state index in [9.17, 15) is 9.59 Å². The van der Waals surface area contributed by atoms with Crippen molar-refractivity contribution in [2.24, 2.45) is 0 Å². The lowest BCUT2D eigenvalue weighted by molar-refractivity contribution is -0.154. The molecule has 13 heavy (non-hydrogen) atoms. The van der Waals surface area contributed by atoms with Gasteiger partial charge in [0.1, 0.15) is 19.3 Å². The van der Waals surface area contributed by atoms with Crippen LogP contribution in [-0.4, -0.2) is 48.1 Å². The molecule has 0 bridgehead atoms. The highest BCUT2D eigenvalue weighted by atomic mass is 16.6. The van der Waals surface area contributed by atoms with E-state index < -0.39 is 24.6 Å². The molecule has 0 saturated carbocycles. The molecule has 2 N–H and O–H groups in total. The summed E-state index contributed by atoms with van der Waals surface area (Å²) in [6.07, 6.45) is -1.17. The number of rotatable bonds is 6. The van der Waals surface area contributed by atoms with Crippen LogP contribution in [0.4, 0.5) is 0 Å². The second-order valence-corrected chi connectivity index (χ2v) is 2.29. The summed E-state index contributed by atoms with van der Waals surface area (Å²) in [6, 6.07) is 0. The van der Waals surface area contributed by atoms with Crippen LogP contribution in [0.2, 0.25) is 0 Å². The molecule has 0 rings (SSSR count). The Morgan fingerprint density at radius 3 is 2.46 bits per heavy atom. The van der Waals surface area contributed by atoms with Gasteiger partial charge in [-0.3, -0.25) is 0 Å². The highest BCUT2D eigenvalue weighted by Crippen LogP contribution is 1.86. The predicted octanol–water partition coefficient (Wildman–Crippen LogP) is -0.988. The first-order chi connectivity index (χ1) is 6.04. The van der Waals surface area contributed by atoms with Crippen molar-refractivity contribution < 1.29 is 29.3 Å². The molecule has 0 aromatic carbocycles. The number of hydrogen-bond donors (Lipinski definition) is 2. The van der Waals surface area contributed by atoms with Gasteiger partial charge in [-0.1, -0.05) is 0 Å². The molecule has 0 spiro atoms. The first-order valence-electron chi connectivity index (χ1n) is 3.68. The zero-order valence-electron chi connectivity index (χ0n) is 7.23. The van der Waals surface area contributed by atoms with Gasteiger partial charge in [-0.25, -0.2) is 9.59 Å². The van der Waals surface area contributed by atoms with Crippen LogP contribution in [0.15, 0.2) is 0 Å². The van der Waals surface area contributed by atoms with E-state index in [0.29, 0.717) is 0 Å². The molecule has 0 fully saturated rings. The standard InChI is InChI=1S/C7H12O6/c1-5(8)7(11)13-3-2-12-4-6(9)10/h5,8H,2-4H2,1H3,(H,9,10). The second kappa shape index (κ2) is 6.38. The van der Waals surface area contributed by atoms with Crippen LogP contribution >= 0.6 is 0 Å². The highest BCUT2D eigenvalue weighted by Gasteiger charge is 2.09. The number of carbonyl (C=O) groups excluding carboxylic acids is 1. The van der Waals surface area contributed by atoms with Crippen LogP contribution in [0.1, 0.15) is 6.92 Å². The quantitative estimate of drug-likeness (QED) is 0.414. The van der Waals surface area contributed by atoms with E-state index in [1.165, 1.54) is 6.92 Å². The minimum absolute atomic E-state index is 0.00472. The number of hydrogen-bond acceptors (Lipinski definition) is 5. The van der Waals surface area contributed by atoms with Crippen LogP contribution < -0.4 is 0 Å². The number of carboxylic acids is 1. The zero-order valence-corrected chi connectivity index (χ0v) is 7.23. The minimum Gasteiger partial charge on any atom is -0.480 e. The summed E-state index contributed by atoms with van der Waals surface area (Å²) in [7, 11) is 0. The first kappa shape index (κ1) is 11.9. The molecule has 0 aromatic rings. The maximum atomic E-state index is 10.6. The van der Waals surface area contributed by atoms with E-state index >= 15 is 0 Å². The van der Waals surface area contributed by atoms with Gasteiger partial charge in [0.15, 0.2) is 0 Å². The van der Waals surface area contributed by atoms with Crippen molar-refractivity contribution in [1.29, 1.82) is 0 Å². The molecule has 0 aliphatic heterocycles. The van der Waals surface area contributed by atoms with Gasteiger partial charge in [-0.05, 0) is 6.92 Å². The predicted molar refractivity (Wildman–Crippen MR) is 41.1 cm³/mol. The summed E-state index contributed by atoms with van der Waals surface area (Å²) < 4.78 is 9.05. The number of carboxylic acid groups (broad SMARTS) is 1. The molecule has 0 aliphatic carbocycles. The summed E-state index contributed by atoms with van der Waals surface area (Å²) in [6.45, 7) is 0.800. The van der Waals surface area contributed by atoms with E-state index in [1.807, 2.05) is 0 Å². The van der Waals surface area contributed by atoms with E-state index in [2.05, 4.69) is 9.47 Å². The van der Waals surface area contributed by atoms with Crippen molar-refractivity contribution in [3.8, 4) is 0 Å². The smallest absolute Gasteiger partial charge is 0.334 e. The lowest BCUT2D eigenvalue weighted by atomic mass is 10.4. The Kier molecular flexibility index (Phi) is 5.82. The molecule has 0 amide bonds. The molecule has 0 aromatic heterocycles. The second-order valence-electron chi connectivity index (χ2n) is 2.29. The maximum Gasteiger partial charge on any atom is 0.334 e. The fraction of sp³-hybridized carbons (Fsp3) is 0.714. The summed E-state index contributed by atoms with van der Waals surface area (Å²) in [4.78, 5) is 20.5. The molecule has 6 heteroatoms. The van der Waals surface area contributed by atoms with E-state index in [-0.39, 0.29) is 13.2 Å². The normalized spacial score (nSPS) is 12.2. The van der Waals surface area contributed by atoms with Crippen molar-refractivity contribution >= 4 is 11.9 Å². The SMILES string of the molecule is CC(O)C(=O)OCCOCC(=O)O. The fourth-order valence-electron chi connectivity index (χ4n) is 0.481. The van der Waals surface area contributed by atoms with Gasteiger partial charge >= 0.3 is 11.9 Å². The Hall–Kier alpha value is -1.14. The van der Waals surface area contributed by atoms with Crippen LogP contribution in [0.5, 0.6) is 0 Å². The Labute approximate surface area is 75.1 Å². The van der Waals surface area contributed by atoms with Crippen molar-refractivity contribution in [2.45, 2.75) is 13.0 Å². The minimum atomic E-state index is -1.17. The number of carbonyl (C=O) groups is 2. The van der Waals surface area contributed by atoms with Crippen LogP contribution in [-0.2, 0) is 19.1 Å². The third-order valence-electron chi connectivity index (χ3n) is 1.04. The van der Waals surface area contributed by atoms with Crippen molar-refractivity contribution in [2.75, 3.05) is 19.8 Å². The average Bonchev–Trinajstić information content (AvgIpc) is 2.02. The lowest BCUT2D eigenvalue weighted by Gasteiger charge is -2.05. The number of aliphatic carboxylic acids is 1. The average molecular weight is 192 g/mol. The van der Waals surface area contributed by atoms with Gasteiger partial charge in [-0.15, -0.1) is 0 Å². The first-order valence-corrected chi connectivity index (χ1v) is 3.68. The van der Waals surface area contributed by atoms with Gasteiger partial charge in [0.2, 0.25) is 0 Å². The molecular weight excluding hydrogens is 180 g/mol. The van der Waals surface area contributed by atoms with Crippen molar-refractivity contribution in [3.63, 3.8) is 0 Å². The Balaban J connectivity index is 3.26. The summed E-state index contributed by atoms with van der Waals surface area (Å²) >= 11 is 0. The molecule has 1 atom stereocenters. The van der Waals surface area contributed by atoms with Gasteiger partial charge in [0.05, 0.1) is 6.61 Å². The molecule has 0 radical (unpaired) electrons.